The molecule has 3 aromatic carbocycles. The molecular weight excluding hydrogens is 622 g/mol. The highest BCUT2D eigenvalue weighted by Crippen LogP contribution is 2.18. The molecule has 0 fully saturated rings. The first-order valence-electron chi connectivity index (χ1n) is 16.7. The number of amides is 4. The van der Waals surface area contributed by atoms with Crippen LogP contribution in [-0.2, 0) is 38.8 Å². The van der Waals surface area contributed by atoms with Gasteiger partial charge in [-0.05, 0) is 47.6 Å². The minimum Gasteiger partial charge on any atom is -0.489 e. The number of nitrogens with one attached hydrogen (secondary N) is 4. The van der Waals surface area contributed by atoms with Crippen molar-refractivity contribution in [3.05, 3.63) is 102 Å². The molecule has 11 nitrogen and oxygen atoms in total. The normalized spacial score (nSPS) is 13.7. The Balaban J connectivity index is 1.88. The van der Waals surface area contributed by atoms with Gasteiger partial charge in [0.05, 0.1) is 0 Å². The molecule has 0 radical (unpaired) electrons. The van der Waals surface area contributed by atoms with Gasteiger partial charge in [0.25, 0.3) is 11.8 Å². The van der Waals surface area contributed by atoms with Gasteiger partial charge in [0.2, 0.25) is 17.5 Å². The first kappa shape index (κ1) is 38.7. The van der Waals surface area contributed by atoms with Gasteiger partial charge in [-0.1, -0.05) is 100 Å². The molecule has 0 aliphatic heterocycles. The zero-order valence-electron chi connectivity index (χ0n) is 29.4. The van der Waals surface area contributed by atoms with Crippen molar-refractivity contribution in [2.75, 3.05) is 6.54 Å². The van der Waals surface area contributed by atoms with Crippen LogP contribution in [0.2, 0.25) is 0 Å². The standard InChI is InChI=1S/C38H51N5O6/c1-26(2)35(39-28(5)44)36(46)42-43(23-31-18-21-34(22-19-31)49-25-32-15-11-8-12-16-32)24-33(20-17-30-13-9-7-10-14-30)40-37(47)38(48,27(3)4)41-29(6)45/h7-16,18-19,21-22,26-27,33,35,48H,17,20,23-25H2,1-6H3,(H,39,44)(H,40,47)(H,41,45)(H,42,46)/t33-,35-,38+/m0/s1. The van der Waals surface area contributed by atoms with Crippen molar-refractivity contribution >= 4 is 23.6 Å². The molecule has 0 unspecified atom stereocenters. The molecular formula is C38H51N5O6. The van der Waals surface area contributed by atoms with Gasteiger partial charge in [0.15, 0.2) is 0 Å². The monoisotopic (exact) mass is 673 g/mol. The van der Waals surface area contributed by atoms with Gasteiger partial charge in [-0.2, -0.15) is 0 Å². The number of carbonyl (C=O) groups excluding carboxylic acids is 4. The van der Waals surface area contributed by atoms with Crippen molar-refractivity contribution in [1.82, 2.24) is 26.4 Å². The van der Waals surface area contributed by atoms with Gasteiger partial charge in [-0.25, -0.2) is 5.01 Å². The van der Waals surface area contributed by atoms with Crippen molar-refractivity contribution in [3.8, 4) is 5.75 Å². The van der Waals surface area contributed by atoms with E-state index in [1.165, 1.54) is 13.8 Å². The summed E-state index contributed by atoms with van der Waals surface area (Å²) in [5.41, 5.74) is 3.79. The number of ether oxygens (including phenoxy) is 1. The molecule has 0 bridgehead atoms. The molecule has 3 atom stereocenters. The number of aliphatic hydroxyl groups is 1. The zero-order chi connectivity index (χ0) is 36.0. The third-order valence-corrected chi connectivity index (χ3v) is 8.07. The molecule has 0 saturated carbocycles. The predicted octanol–water partition coefficient (Wildman–Crippen LogP) is 3.86. The first-order valence-corrected chi connectivity index (χ1v) is 16.7. The number of benzene rings is 3. The quantitative estimate of drug-likeness (QED) is 0.102. The molecule has 3 rings (SSSR count). The largest absolute Gasteiger partial charge is 0.489 e. The summed E-state index contributed by atoms with van der Waals surface area (Å²) in [4.78, 5) is 51.1. The van der Waals surface area contributed by atoms with E-state index >= 15 is 0 Å². The van der Waals surface area contributed by atoms with E-state index in [4.69, 9.17) is 4.74 Å². The highest BCUT2D eigenvalue weighted by atomic mass is 16.5. The highest BCUT2D eigenvalue weighted by molar-refractivity contribution is 5.89. The maximum absolute atomic E-state index is 13.6. The van der Waals surface area contributed by atoms with E-state index < -0.39 is 41.4 Å². The van der Waals surface area contributed by atoms with Crippen molar-refractivity contribution < 1.29 is 29.0 Å². The fourth-order valence-corrected chi connectivity index (χ4v) is 5.27. The highest BCUT2D eigenvalue weighted by Gasteiger charge is 2.41. The average molecular weight is 674 g/mol. The van der Waals surface area contributed by atoms with Crippen molar-refractivity contribution in [2.45, 2.75) is 85.3 Å². The second-order valence-electron chi connectivity index (χ2n) is 13.0. The first-order chi connectivity index (χ1) is 23.3. The summed E-state index contributed by atoms with van der Waals surface area (Å²) in [5.74, 6) is -2.17. The Kier molecular flexibility index (Phi) is 14.8. The Morgan fingerprint density at radius 3 is 1.90 bits per heavy atom. The molecule has 0 aliphatic carbocycles. The Morgan fingerprint density at radius 2 is 1.37 bits per heavy atom. The summed E-state index contributed by atoms with van der Waals surface area (Å²) in [7, 11) is 0. The molecule has 3 aromatic rings. The number of hydrazine groups is 1. The van der Waals surface area contributed by atoms with Crippen LogP contribution < -0.4 is 26.1 Å². The molecule has 49 heavy (non-hydrogen) atoms. The van der Waals surface area contributed by atoms with Crippen LogP contribution in [0.25, 0.3) is 0 Å². The van der Waals surface area contributed by atoms with E-state index in [0.29, 0.717) is 25.2 Å². The Bertz CT molecular complexity index is 1500. The van der Waals surface area contributed by atoms with Gasteiger partial charge in [0.1, 0.15) is 18.4 Å². The van der Waals surface area contributed by atoms with Crippen LogP contribution >= 0.6 is 0 Å². The second-order valence-corrected chi connectivity index (χ2v) is 13.0. The summed E-state index contributed by atoms with van der Waals surface area (Å²) in [6.45, 7) is 10.4. The maximum atomic E-state index is 13.6. The lowest BCUT2D eigenvalue weighted by molar-refractivity contribution is -0.155. The third kappa shape index (κ3) is 12.7. The van der Waals surface area contributed by atoms with Crippen LogP contribution in [0.1, 0.15) is 64.7 Å². The number of hydrogen-bond donors (Lipinski definition) is 5. The van der Waals surface area contributed by atoms with E-state index in [2.05, 4.69) is 21.4 Å². The van der Waals surface area contributed by atoms with Gasteiger partial charge < -0.3 is 25.8 Å². The number of aryl methyl sites for hydroxylation is 1. The van der Waals surface area contributed by atoms with Gasteiger partial charge in [-0.15, -0.1) is 0 Å². The van der Waals surface area contributed by atoms with E-state index in [0.717, 1.165) is 16.7 Å². The fourth-order valence-electron chi connectivity index (χ4n) is 5.27. The molecule has 0 saturated heterocycles. The SMILES string of the molecule is CC(=O)N[C@H](C(=O)NN(Cc1ccc(OCc2ccccc2)cc1)C[C@H](CCc1ccccc1)NC(=O)[C@@](O)(NC(C)=O)C(C)C)C(C)C. The zero-order valence-corrected chi connectivity index (χ0v) is 29.4. The van der Waals surface area contributed by atoms with Crippen LogP contribution in [0.5, 0.6) is 5.75 Å². The molecule has 5 N–H and O–H groups in total. The van der Waals surface area contributed by atoms with E-state index in [1.807, 2.05) is 98.8 Å². The second kappa shape index (κ2) is 18.7. The van der Waals surface area contributed by atoms with E-state index in [-0.39, 0.29) is 24.9 Å². The van der Waals surface area contributed by atoms with Crippen molar-refractivity contribution in [3.63, 3.8) is 0 Å². The lowest BCUT2D eigenvalue weighted by Crippen LogP contribution is -2.64. The van der Waals surface area contributed by atoms with Crippen molar-refractivity contribution in [2.24, 2.45) is 11.8 Å². The number of carbonyl (C=O) groups is 4. The number of nitrogens with zero attached hydrogens (tertiary/aromatic N) is 1. The van der Waals surface area contributed by atoms with Crippen LogP contribution in [0.4, 0.5) is 0 Å². The summed E-state index contributed by atoms with van der Waals surface area (Å²) in [6, 6.07) is 25.8. The van der Waals surface area contributed by atoms with Crippen LogP contribution in [0.3, 0.4) is 0 Å². The Labute approximate surface area is 289 Å². The maximum Gasteiger partial charge on any atom is 0.273 e. The van der Waals surface area contributed by atoms with Gasteiger partial charge >= 0.3 is 0 Å². The molecule has 0 heterocycles. The topological polar surface area (TPSA) is 149 Å². The lowest BCUT2D eigenvalue weighted by Gasteiger charge is -2.35. The Morgan fingerprint density at radius 1 is 0.776 bits per heavy atom. The van der Waals surface area contributed by atoms with Gasteiger partial charge in [-0.3, -0.25) is 24.6 Å². The fraction of sp³-hybridized carbons (Fsp3) is 0.421. The number of rotatable bonds is 18. The number of hydrogen-bond acceptors (Lipinski definition) is 7. The minimum absolute atomic E-state index is 0.149. The summed E-state index contributed by atoms with van der Waals surface area (Å²) >= 11 is 0. The summed E-state index contributed by atoms with van der Waals surface area (Å²) in [5, 5.41) is 21.0. The van der Waals surface area contributed by atoms with Crippen LogP contribution in [0.15, 0.2) is 84.9 Å². The van der Waals surface area contributed by atoms with E-state index in [9.17, 15) is 24.3 Å². The van der Waals surface area contributed by atoms with E-state index in [1.54, 1.807) is 18.9 Å². The lowest BCUT2D eigenvalue weighted by atomic mass is 9.97. The summed E-state index contributed by atoms with van der Waals surface area (Å²) in [6.07, 6.45) is 1.06. The molecule has 0 spiro atoms. The smallest absolute Gasteiger partial charge is 0.273 e. The predicted molar refractivity (Wildman–Crippen MR) is 189 cm³/mol. The van der Waals surface area contributed by atoms with Crippen LogP contribution in [-0.4, -0.2) is 58.1 Å². The molecule has 0 aliphatic rings. The third-order valence-electron chi connectivity index (χ3n) is 8.07. The average Bonchev–Trinajstić information content (AvgIpc) is 3.06. The molecule has 0 aromatic heterocycles. The molecule has 264 valence electrons. The molecule has 4 amide bonds. The van der Waals surface area contributed by atoms with Crippen molar-refractivity contribution in [1.29, 1.82) is 0 Å². The molecule has 11 heteroatoms. The Hall–Kier alpha value is -4.74. The van der Waals surface area contributed by atoms with Gasteiger partial charge in [0, 0.05) is 38.9 Å². The van der Waals surface area contributed by atoms with Crippen LogP contribution in [0, 0.1) is 11.8 Å². The summed E-state index contributed by atoms with van der Waals surface area (Å²) < 4.78 is 5.95. The minimum atomic E-state index is -2.14.